The summed E-state index contributed by atoms with van der Waals surface area (Å²) in [6.45, 7) is 4.59. The largest absolute Gasteiger partial charge is 0.396 e. The van der Waals surface area contributed by atoms with Gasteiger partial charge in [-0.05, 0) is 86.5 Å². The lowest BCUT2D eigenvalue weighted by Crippen LogP contribution is -2.43. The van der Waals surface area contributed by atoms with Crippen molar-refractivity contribution in [1.82, 2.24) is 20.0 Å². The molecule has 2 aliphatic heterocycles. The predicted octanol–water partition coefficient (Wildman–Crippen LogP) is 3.52. The minimum atomic E-state index is 0.0805. The Morgan fingerprint density at radius 2 is 1.75 bits per heavy atom. The van der Waals surface area contributed by atoms with Gasteiger partial charge in [0.25, 0.3) is 5.91 Å². The molecule has 3 heterocycles. The lowest BCUT2D eigenvalue weighted by atomic mass is 9.98. The third-order valence-corrected chi connectivity index (χ3v) is 7.54. The number of anilines is 1. The molecule has 0 saturated carbocycles. The summed E-state index contributed by atoms with van der Waals surface area (Å²) >= 11 is 0. The van der Waals surface area contributed by atoms with Crippen LogP contribution < -0.4 is 10.2 Å². The zero-order valence-corrected chi connectivity index (χ0v) is 20.9. The van der Waals surface area contributed by atoms with E-state index in [-0.39, 0.29) is 18.4 Å². The average Bonchev–Trinajstić information content (AvgIpc) is 3.43. The number of amides is 1. The monoisotopic (exact) mass is 487 g/mol. The number of aromatic nitrogens is 2. The fourth-order valence-corrected chi connectivity index (χ4v) is 5.37. The van der Waals surface area contributed by atoms with Gasteiger partial charge in [-0.3, -0.25) is 4.79 Å². The van der Waals surface area contributed by atoms with Crippen LogP contribution >= 0.6 is 0 Å². The quantitative estimate of drug-likeness (QED) is 0.509. The van der Waals surface area contributed by atoms with Crippen LogP contribution in [0.25, 0.3) is 5.69 Å². The summed E-state index contributed by atoms with van der Waals surface area (Å²) in [7, 11) is 0. The van der Waals surface area contributed by atoms with Crippen LogP contribution in [-0.2, 0) is 6.42 Å². The van der Waals surface area contributed by atoms with Crippen molar-refractivity contribution in [1.29, 1.82) is 0 Å². The van der Waals surface area contributed by atoms with E-state index in [2.05, 4.69) is 45.8 Å². The molecule has 2 aromatic carbocycles. The van der Waals surface area contributed by atoms with E-state index in [0.29, 0.717) is 12.6 Å². The molecule has 2 fully saturated rings. The van der Waals surface area contributed by atoms with E-state index < -0.39 is 0 Å². The number of piperidine rings is 2. The number of aliphatic hydroxyl groups is 1. The van der Waals surface area contributed by atoms with E-state index in [1.54, 1.807) is 0 Å². The highest BCUT2D eigenvalue weighted by Gasteiger charge is 2.24. The molecular formula is C29H37N5O2. The first-order valence-corrected chi connectivity index (χ1v) is 13.3. The van der Waals surface area contributed by atoms with Crippen LogP contribution in [0, 0.1) is 5.92 Å². The minimum Gasteiger partial charge on any atom is -0.396 e. The molecule has 1 atom stereocenters. The molecule has 0 unspecified atom stereocenters. The Morgan fingerprint density at radius 3 is 2.50 bits per heavy atom. The Balaban J connectivity index is 1.05. The molecule has 1 aromatic heterocycles. The van der Waals surface area contributed by atoms with E-state index >= 15 is 0 Å². The zero-order valence-electron chi connectivity index (χ0n) is 20.9. The molecule has 36 heavy (non-hydrogen) atoms. The summed E-state index contributed by atoms with van der Waals surface area (Å²) < 4.78 is 1.94. The van der Waals surface area contributed by atoms with Gasteiger partial charge in [0.15, 0.2) is 0 Å². The van der Waals surface area contributed by atoms with Gasteiger partial charge in [-0.2, -0.15) is 5.10 Å². The highest BCUT2D eigenvalue weighted by atomic mass is 16.3. The molecule has 2 N–H and O–H groups in total. The van der Waals surface area contributed by atoms with E-state index in [1.165, 1.54) is 11.3 Å². The Labute approximate surface area is 213 Å². The van der Waals surface area contributed by atoms with Crippen molar-refractivity contribution in [2.75, 3.05) is 44.2 Å². The van der Waals surface area contributed by atoms with Gasteiger partial charge >= 0.3 is 0 Å². The van der Waals surface area contributed by atoms with Crippen molar-refractivity contribution < 1.29 is 9.90 Å². The van der Waals surface area contributed by atoms with Gasteiger partial charge < -0.3 is 20.2 Å². The molecule has 1 amide bonds. The molecule has 2 aliphatic rings. The third kappa shape index (κ3) is 5.97. The maximum absolute atomic E-state index is 12.9. The van der Waals surface area contributed by atoms with Crippen molar-refractivity contribution in [2.24, 2.45) is 5.92 Å². The van der Waals surface area contributed by atoms with Crippen molar-refractivity contribution >= 4 is 11.6 Å². The first kappa shape index (κ1) is 24.5. The van der Waals surface area contributed by atoms with E-state index in [4.69, 9.17) is 0 Å². The van der Waals surface area contributed by atoms with Gasteiger partial charge in [-0.15, -0.1) is 0 Å². The molecule has 3 aromatic rings. The Morgan fingerprint density at radius 1 is 0.972 bits per heavy atom. The fourth-order valence-electron chi connectivity index (χ4n) is 5.37. The molecule has 7 nitrogen and oxygen atoms in total. The van der Waals surface area contributed by atoms with Crippen LogP contribution in [0.5, 0.6) is 0 Å². The number of carbonyl (C=O) groups excluding carboxylic acids is 1. The molecule has 5 rings (SSSR count). The van der Waals surface area contributed by atoms with Gasteiger partial charge in [0.05, 0.1) is 11.9 Å². The summed E-state index contributed by atoms with van der Waals surface area (Å²) in [5, 5.41) is 17.7. The number of nitrogens with zero attached hydrogens (tertiary/aromatic N) is 4. The van der Waals surface area contributed by atoms with Gasteiger partial charge in [0.2, 0.25) is 0 Å². The maximum Gasteiger partial charge on any atom is 0.253 e. The number of rotatable bonds is 8. The highest BCUT2D eigenvalue weighted by Crippen LogP contribution is 2.23. The van der Waals surface area contributed by atoms with Crippen molar-refractivity contribution in [3.63, 3.8) is 0 Å². The van der Waals surface area contributed by atoms with E-state index in [1.807, 2.05) is 46.1 Å². The maximum atomic E-state index is 12.9. The second kappa shape index (κ2) is 11.7. The number of aliphatic hydroxyl groups excluding tert-OH is 1. The molecule has 0 spiro atoms. The predicted molar refractivity (Wildman–Crippen MR) is 143 cm³/mol. The molecule has 190 valence electrons. The second-order valence-electron chi connectivity index (χ2n) is 10.1. The van der Waals surface area contributed by atoms with Crippen molar-refractivity contribution in [3.05, 3.63) is 78.1 Å². The molecule has 0 aliphatic carbocycles. The topological polar surface area (TPSA) is 73.6 Å². The fraction of sp³-hybridized carbons (Fsp3) is 0.448. The summed E-state index contributed by atoms with van der Waals surface area (Å²) in [4.78, 5) is 17.2. The van der Waals surface area contributed by atoms with Crippen LogP contribution in [-0.4, -0.2) is 71.1 Å². The lowest BCUT2D eigenvalue weighted by Gasteiger charge is -2.34. The van der Waals surface area contributed by atoms with E-state index in [0.717, 1.165) is 69.5 Å². The van der Waals surface area contributed by atoms with Gasteiger partial charge in [-0.25, -0.2) is 4.68 Å². The van der Waals surface area contributed by atoms with Crippen LogP contribution in [0.1, 0.15) is 41.6 Å². The molecule has 2 saturated heterocycles. The number of benzene rings is 2. The van der Waals surface area contributed by atoms with Crippen LogP contribution in [0.15, 0.2) is 67.0 Å². The molecule has 0 bridgehead atoms. The first-order valence-electron chi connectivity index (χ1n) is 13.3. The number of hydrogen-bond donors (Lipinski definition) is 2. The van der Waals surface area contributed by atoms with Gasteiger partial charge in [0, 0.05) is 56.3 Å². The molecule has 7 heteroatoms. The highest BCUT2D eigenvalue weighted by molar-refractivity contribution is 5.94. The summed E-state index contributed by atoms with van der Waals surface area (Å²) in [6.07, 6.45) is 9.24. The standard InChI is InChI=1S/C29H37N5O2/c35-22-24-5-4-16-33(20-24)29(36)25-8-10-27(11-9-25)32-17-13-26(14-18-32)30-15-12-23-19-31-34(21-23)28-6-2-1-3-7-28/h1-3,6-11,19,21,24,26,30,35H,4-5,12-18,20,22H2/t24-/m1/s1. The molecular weight excluding hydrogens is 450 g/mol. The minimum absolute atomic E-state index is 0.0805. The molecule has 0 radical (unpaired) electrons. The van der Waals surface area contributed by atoms with Crippen LogP contribution in [0.2, 0.25) is 0 Å². The first-order chi connectivity index (χ1) is 17.7. The normalized spacial score (nSPS) is 19.0. The van der Waals surface area contributed by atoms with Crippen LogP contribution in [0.3, 0.4) is 0 Å². The summed E-state index contributed by atoms with van der Waals surface area (Å²) in [6, 6.07) is 18.8. The summed E-state index contributed by atoms with van der Waals surface area (Å²) in [5.41, 5.74) is 4.26. The van der Waals surface area contributed by atoms with Gasteiger partial charge in [-0.1, -0.05) is 18.2 Å². The lowest BCUT2D eigenvalue weighted by molar-refractivity contribution is 0.0620. The SMILES string of the molecule is O=C(c1ccc(N2CCC(NCCc3cnn(-c4ccccc4)c3)CC2)cc1)N1CCC[C@@H](CO)C1. The average molecular weight is 488 g/mol. The number of carbonyl (C=O) groups is 1. The second-order valence-corrected chi connectivity index (χ2v) is 10.1. The van der Waals surface area contributed by atoms with E-state index in [9.17, 15) is 9.90 Å². The number of para-hydroxylation sites is 1. The summed E-state index contributed by atoms with van der Waals surface area (Å²) in [5.74, 6) is 0.292. The Hall–Kier alpha value is -3.16. The van der Waals surface area contributed by atoms with Crippen molar-refractivity contribution in [2.45, 2.75) is 38.1 Å². The van der Waals surface area contributed by atoms with Crippen LogP contribution in [0.4, 0.5) is 5.69 Å². The zero-order chi connectivity index (χ0) is 24.7. The smallest absolute Gasteiger partial charge is 0.253 e. The number of hydrogen-bond acceptors (Lipinski definition) is 5. The Kier molecular flexibility index (Phi) is 7.98. The van der Waals surface area contributed by atoms with Crippen molar-refractivity contribution in [3.8, 4) is 5.69 Å². The number of nitrogens with one attached hydrogen (secondary N) is 1. The Bertz CT molecular complexity index is 1110. The third-order valence-electron chi connectivity index (χ3n) is 7.54. The number of likely N-dealkylation sites (tertiary alicyclic amines) is 1. The van der Waals surface area contributed by atoms with Gasteiger partial charge in [0.1, 0.15) is 0 Å².